The molecule has 0 atom stereocenters. The molecule has 2 rings (SSSR count). The summed E-state index contributed by atoms with van der Waals surface area (Å²) in [4.78, 5) is 16.3. The van der Waals surface area contributed by atoms with Crippen LogP contribution in [0, 0.1) is 22.2 Å². The SMILES string of the molecule is Cc1nc(N2CCCCC2)c([N+](=O)[O-])c(N)[n+]1[O-]. The van der Waals surface area contributed by atoms with E-state index < -0.39 is 16.4 Å². The van der Waals surface area contributed by atoms with Gasteiger partial charge in [0, 0.05) is 20.0 Å². The van der Waals surface area contributed by atoms with E-state index in [4.69, 9.17) is 5.73 Å². The Labute approximate surface area is 104 Å². The lowest BCUT2D eigenvalue weighted by molar-refractivity contribution is -0.604. The van der Waals surface area contributed by atoms with Crippen LogP contribution in [0.3, 0.4) is 0 Å². The summed E-state index contributed by atoms with van der Waals surface area (Å²) >= 11 is 0. The van der Waals surface area contributed by atoms with Crippen molar-refractivity contribution in [1.82, 2.24) is 4.98 Å². The molecule has 18 heavy (non-hydrogen) atoms. The number of nitrogens with two attached hydrogens (primary N) is 1. The van der Waals surface area contributed by atoms with Crippen molar-refractivity contribution in [3.8, 4) is 0 Å². The van der Waals surface area contributed by atoms with Gasteiger partial charge >= 0.3 is 11.5 Å². The number of nitro groups is 1. The van der Waals surface area contributed by atoms with Crippen LogP contribution in [0.25, 0.3) is 0 Å². The lowest BCUT2D eigenvalue weighted by Crippen LogP contribution is -2.39. The molecule has 98 valence electrons. The number of piperidine rings is 1. The van der Waals surface area contributed by atoms with Gasteiger partial charge in [-0.3, -0.25) is 10.1 Å². The molecular weight excluding hydrogens is 238 g/mol. The fraction of sp³-hybridized carbons (Fsp3) is 0.600. The van der Waals surface area contributed by atoms with E-state index in [9.17, 15) is 15.3 Å². The zero-order chi connectivity index (χ0) is 13.3. The Kier molecular flexibility index (Phi) is 3.17. The minimum Gasteiger partial charge on any atom is -0.740 e. The molecule has 0 spiro atoms. The summed E-state index contributed by atoms with van der Waals surface area (Å²) in [6.07, 6.45) is 3.03. The summed E-state index contributed by atoms with van der Waals surface area (Å²) in [6, 6.07) is 0. The van der Waals surface area contributed by atoms with Crippen LogP contribution >= 0.6 is 0 Å². The van der Waals surface area contributed by atoms with Crippen molar-refractivity contribution in [2.75, 3.05) is 23.7 Å². The molecule has 1 fully saturated rings. The topological polar surface area (TPSA) is 112 Å². The Balaban J connectivity index is 2.53. The first-order valence-corrected chi connectivity index (χ1v) is 5.81. The maximum absolute atomic E-state index is 11.5. The predicted molar refractivity (Wildman–Crippen MR) is 65.1 cm³/mol. The molecule has 0 saturated carbocycles. The Morgan fingerprint density at radius 2 is 2.00 bits per heavy atom. The number of hydrogen-bond acceptors (Lipinski definition) is 6. The zero-order valence-electron chi connectivity index (χ0n) is 10.1. The Morgan fingerprint density at radius 1 is 1.39 bits per heavy atom. The van der Waals surface area contributed by atoms with Gasteiger partial charge in [0.1, 0.15) is 0 Å². The highest BCUT2D eigenvalue weighted by atomic mass is 16.6. The molecule has 8 heteroatoms. The minimum atomic E-state index is -0.639. The molecular formula is C10H15N5O3. The normalized spacial score (nSPS) is 15.7. The average Bonchev–Trinajstić information content (AvgIpc) is 2.36. The average molecular weight is 253 g/mol. The molecule has 0 aliphatic carbocycles. The summed E-state index contributed by atoms with van der Waals surface area (Å²) in [6.45, 7) is 2.89. The molecule has 0 unspecified atom stereocenters. The van der Waals surface area contributed by atoms with Crippen molar-refractivity contribution >= 4 is 17.3 Å². The second-order valence-electron chi connectivity index (χ2n) is 4.32. The molecule has 1 aliphatic rings. The first kappa shape index (κ1) is 12.3. The van der Waals surface area contributed by atoms with Gasteiger partial charge in [0.25, 0.3) is 5.82 Å². The van der Waals surface area contributed by atoms with Crippen LogP contribution in [0.2, 0.25) is 0 Å². The molecule has 1 aromatic heterocycles. The van der Waals surface area contributed by atoms with E-state index >= 15 is 0 Å². The molecule has 8 nitrogen and oxygen atoms in total. The van der Waals surface area contributed by atoms with E-state index in [0.717, 1.165) is 19.3 Å². The van der Waals surface area contributed by atoms with Crippen LogP contribution in [0.15, 0.2) is 0 Å². The van der Waals surface area contributed by atoms with Crippen LogP contribution in [0.4, 0.5) is 17.3 Å². The van der Waals surface area contributed by atoms with E-state index in [1.807, 2.05) is 4.90 Å². The van der Waals surface area contributed by atoms with Crippen molar-refractivity contribution in [2.45, 2.75) is 26.2 Å². The lowest BCUT2D eigenvalue weighted by Gasteiger charge is -2.26. The smallest absolute Gasteiger partial charge is 0.399 e. The van der Waals surface area contributed by atoms with Gasteiger partial charge in [-0.1, -0.05) is 4.98 Å². The number of nitrogens with zero attached hydrogens (tertiary/aromatic N) is 4. The third-order valence-corrected chi connectivity index (χ3v) is 3.07. The van der Waals surface area contributed by atoms with Crippen molar-refractivity contribution in [3.63, 3.8) is 0 Å². The molecule has 1 aliphatic heterocycles. The van der Waals surface area contributed by atoms with Crippen LogP contribution < -0.4 is 15.4 Å². The first-order valence-electron chi connectivity index (χ1n) is 5.81. The fourth-order valence-electron chi connectivity index (χ4n) is 2.14. The maximum Gasteiger partial charge on any atom is 0.399 e. The second kappa shape index (κ2) is 4.63. The Morgan fingerprint density at radius 3 is 2.56 bits per heavy atom. The minimum absolute atomic E-state index is 0.124. The van der Waals surface area contributed by atoms with Gasteiger partial charge in [-0.05, 0) is 19.3 Å². The predicted octanol–water partition coefficient (Wildman–Crippen LogP) is 0.504. The first-order chi connectivity index (χ1) is 8.52. The molecule has 2 heterocycles. The van der Waals surface area contributed by atoms with Gasteiger partial charge < -0.3 is 15.8 Å². The van der Waals surface area contributed by atoms with Gasteiger partial charge in [0.05, 0.1) is 4.92 Å². The number of hydrogen-bond donors (Lipinski definition) is 1. The van der Waals surface area contributed by atoms with Gasteiger partial charge in [-0.25, -0.2) is 4.73 Å². The van der Waals surface area contributed by atoms with Gasteiger partial charge in [-0.15, -0.1) is 0 Å². The number of rotatable bonds is 2. The van der Waals surface area contributed by atoms with E-state index in [1.165, 1.54) is 6.92 Å². The van der Waals surface area contributed by atoms with E-state index in [1.54, 1.807) is 0 Å². The van der Waals surface area contributed by atoms with Crippen LogP contribution in [0.1, 0.15) is 25.1 Å². The van der Waals surface area contributed by atoms with Crippen molar-refractivity contribution < 1.29 is 9.65 Å². The lowest BCUT2D eigenvalue weighted by atomic mass is 10.1. The summed E-state index contributed by atoms with van der Waals surface area (Å²) in [5, 5.41) is 22.6. The van der Waals surface area contributed by atoms with E-state index in [-0.39, 0.29) is 11.6 Å². The summed E-state index contributed by atoms with van der Waals surface area (Å²) in [5.74, 6) is -0.0615. The van der Waals surface area contributed by atoms with Crippen LogP contribution in [-0.2, 0) is 0 Å². The van der Waals surface area contributed by atoms with E-state index in [0.29, 0.717) is 17.8 Å². The zero-order valence-corrected chi connectivity index (χ0v) is 10.1. The molecule has 2 N–H and O–H groups in total. The third kappa shape index (κ3) is 2.01. The quantitative estimate of drug-likeness (QED) is 0.355. The summed E-state index contributed by atoms with van der Waals surface area (Å²) < 4.78 is 0.297. The number of aryl methyl sites for hydroxylation is 1. The molecule has 1 aromatic rings. The monoisotopic (exact) mass is 253 g/mol. The second-order valence-corrected chi connectivity index (χ2v) is 4.32. The van der Waals surface area contributed by atoms with Gasteiger partial charge in [0.15, 0.2) is 0 Å². The molecule has 0 amide bonds. The van der Waals surface area contributed by atoms with Gasteiger partial charge in [0.2, 0.25) is 5.82 Å². The summed E-state index contributed by atoms with van der Waals surface area (Å²) in [7, 11) is 0. The maximum atomic E-state index is 11.5. The highest BCUT2D eigenvalue weighted by Crippen LogP contribution is 2.31. The Bertz CT molecular complexity index is 485. The van der Waals surface area contributed by atoms with Crippen molar-refractivity contribution in [3.05, 3.63) is 21.1 Å². The largest absolute Gasteiger partial charge is 0.740 e. The van der Waals surface area contributed by atoms with E-state index in [2.05, 4.69) is 4.98 Å². The molecule has 0 aromatic carbocycles. The number of anilines is 2. The molecule has 1 saturated heterocycles. The number of nitrogen functional groups attached to an aromatic ring is 1. The van der Waals surface area contributed by atoms with Crippen molar-refractivity contribution in [2.24, 2.45) is 0 Å². The van der Waals surface area contributed by atoms with Crippen LogP contribution in [0.5, 0.6) is 0 Å². The standard InChI is InChI=1S/C10H15N5O3/c1-7-12-10(13-5-3-2-4-6-13)8(15(17)18)9(11)14(7)16/h2-6,11H2,1H3. The summed E-state index contributed by atoms with van der Waals surface area (Å²) in [5.41, 5.74) is 5.14. The Hall–Kier alpha value is -2.12. The van der Waals surface area contributed by atoms with Crippen LogP contribution in [-0.4, -0.2) is 23.0 Å². The highest BCUT2D eigenvalue weighted by molar-refractivity contribution is 5.66. The fourth-order valence-corrected chi connectivity index (χ4v) is 2.14. The van der Waals surface area contributed by atoms with Gasteiger partial charge in [-0.2, -0.15) is 0 Å². The third-order valence-electron chi connectivity index (χ3n) is 3.07. The van der Waals surface area contributed by atoms with Crippen molar-refractivity contribution in [1.29, 1.82) is 0 Å². The number of aromatic nitrogens is 2. The molecule has 0 radical (unpaired) electrons. The molecule has 0 bridgehead atoms. The highest BCUT2D eigenvalue weighted by Gasteiger charge is 2.33.